The van der Waals surface area contributed by atoms with E-state index in [0.29, 0.717) is 0 Å². The van der Waals surface area contributed by atoms with Crippen LogP contribution in [0.3, 0.4) is 0 Å². The van der Waals surface area contributed by atoms with Crippen molar-refractivity contribution in [3.05, 3.63) is 59.9 Å². The molecule has 2 rings (SSSR count). The zero-order valence-electron chi connectivity index (χ0n) is 11.2. The van der Waals surface area contributed by atoms with Crippen LogP contribution in [0.15, 0.2) is 48.5 Å². The van der Waals surface area contributed by atoms with Crippen molar-refractivity contribution in [1.82, 2.24) is 0 Å². The second-order valence-electron chi connectivity index (χ2n) is 4.46. The Morgan fingerprint density at radius 1 is 1.11 bits per heavy atom. The van der Waals surface area contributed by atoms with Crippen LogP contribution in [0.25, 0.3) is 0 Å². The number of hydrogen-bond acceptors (Lipinski definition) is 2. The standard InChI is InChI=1S/C16H18FNO/c1-3-18(14-10-8-13(17)9-11-14)16-7-5-4-6-15(16)12(2)19/h4-12,19H,3H2,1-2H3/t12-/m0/s1. The summed E-state index contributed by atoms with van der Waals surface area (Å²) in [6.45, 7) is 4.52. The van der Waals surface area contributed by atoms with Gasteiger partial charge in [0.05, 0.1) is 6.10 Å². The largest absolute Gasteiger partial charge is 0.389 e. The van der Waals surface area contributed by atoms with Gasteiger partial charge in [-0.2, -0.15) is 0 Å². The molecular formula is C16H18FNO. The fourth-order valence-electron chi connectivity index (χ4n) is 2.20. The lowest BCUT2D eigenvalue weighted by Gasteiger charge is -2.26. The highest BCUT2D eigenvalue weighted by Crippen LogP contribution is 2.31. The van der Waals surface area contributed by atoms with Gasteiger partial charge in [0.25, 0.3) is 0 Å². The smallest absolute Gasteiger partial charge is 0.123 e. The van der Waals surface area contributed by atoms with Crippen molar-refractivity contribution in [3.63, 3.8) is 0 Å². The van der Waals surface area contributed by atoms with E-state index in [1.54, 1.807) is 19.1 Å². The number of para-hydroxylation sites is 1. The number of benzene rings is 2. The molecule has 0 heterocycles. The summed E-state index contributed by atoms with van der Waals surface area (Å²) in [5.74, 6) is -0.247. The Labute approximate surface area is 113 Å². The third-order valence-electron chi connectivity index (χ3n) is 3.13. The molecule has 0 bridgehead atoms. The fourth-order valence-corrected chi connectivity index (χ4v) is 2.20. The highest BCUT2D eigenvalue weighted by atomic mass is 19.1. The minimum absolute atomic E-state index is 0.247. The Hall–Kier alpha value is -1.87. The van der Waals surface area contributed by atoms with Crippen LogP contribution in [0.2, 0.25) is 0 Å². The van der Waals surface area contributed by atoms with Crippen molar-refractivity contribution in [3.8, 4) is 0 Å². The zero-order chi connectivity index (χ0) is 13.8. The maximum Gasteiger partial charge on any atom is 0.123 e. The lowest BCUT2D eigenvalue weighted by atomic mass is 10.1. The SMILES string of the molecule is CCN(c1ccc(F)cc1)c1ccccc1[C@H](C)O. The first-order valence-corrected chi connectivity index (χ1v) is 6.43. The predicted molar refractivity (Wildman–Crippen MR) is 76.2 cm³/mol. The molecule has 1 N–H and O–H groups in total. The molecule has 2 aromatic rings. The predicted octanol–water partition coefficient (Wildman–Crippen LogP) is 4.04. The lowest BCUT2D eigenvalue weighted by molar-refractivity contribution is 0.200. The number of nitrogens with zero attached hydrogens (tertiary/aromatic N) is 1. The third-order valence-corrected chi connectivity index (χ3v) is 3.13. The van der Waals surface area contributed by atoms with Gasteiger partial charge in [0, 0.05) is 23.5 Å². The maximum absolute atomic E-state index is 13.0. The van der Waals surface area contributed by atoms with Crippen LogP contribution in [0.4, 0.5) is 15.8 Å². The van der Waals surface area contributed by atoms with Crippen molar-refractivity contribution in [2.75, 3.05) is 11.4 Å². The molecule has 0 spiro atoms. The van der Waals surface area contributed by atoms with Gasteiger partial charge in [0.15, 0.2) is 0 Å². The Balaban J connectivity index is 2.45. The molecule has 0 unspecified atom stereocenters. The number of anilines is 2. The molecule has 0 aliphatic rings. The van der Waals surface area contributed by atoms with Gasteiger partial charge in [-0.3, -0.25) is 0 Å². The van der Waals surface area contributed by atoms with Crippen LogP contribution >= 0.6 is 0 Å². The second-order valence-corrected chi connectivity index (χ2v) is 4.46. The highest BCUT2D eigenvalue weighted by Gasteiger charge is 2.14. The van der Waals surface area contributed by atoms with Gasteiger partial charge in [-0.15, -0.1) is 0 Å². The Morgan fingerprint density at radius 2 is 1.74 bits per heavy atom. The maximum atomic E-state index is 13.0. The molecule has 19 heavy (non-hydrogen) atoms. The number of aliphatic hydroxyl groups is 1. The summed E-state index contributed by atoms with van der Waals surface area (Å²) >= 11 is 0. The number of rotatable bonds is 4. The van der Waals surface area contributed by atoms with Gasteiger partial charge in [0.2, 0.25) is 0 Å². The summed E-state index contributed by atoms with van der Waals surface area (Å²) in [5.41, 5.74) is 2.73. The minimum atomic E-state index is -0.536. The summed E-state index contributed by atoms with van der Waals surface area (Å²) in [4.78, 5) is 2.06. The highest BCUT2D eigenvalue weighted by molar-refractivity contribution is 5.66. The van der Waals surface area contributed by atoms with Crippen molar-refractivity contribution < 1.29 is 9.50 Å². The molecule has 0 amide bonds. The third kappa shape index (κ3) is 2.93. The number of halogens is 1. The minimum Gasteiger partial charge on any atom is -0.389 e. The molecule has 0 saturated heterocycles. The molecule has 0 aromatic heterocycles. The van der Waals surface area contributed by atoms with Crippen LogP contribution in [-0.2, 0) is 0 Å². The first-order valence-electron chi connectivity index (χ1n) is 6.43. The van der Waals surface area contributed by atoms with E-state index in [4.69, 9.17) is 0 Å². The van der Waals surface area contributed by atoms with E-state index in [-0.39, 0.29) is 5.82 Å². The number of hydrogen-bond donors (Lipinski definition) is 1. The Morgan fingerprint density at radius 3 is 2.32 bits per heavy atom. The molecule has 2 aromatic carbocycles. The van der Waals surface area contributed by atoms with E-state index < -0.39 is 6.10 Å². The Bertz CT molecular complexity index is 537. The monoisotopic (exact) mass is 259 g/mol. The molecule has 0 radical (unpaired) electrons. The molecule has 100 valence electrons. The average molecular weight is 259 g/mol. The molecule has 0 aliphatic carbocycles. The lowest BCUT2D eigenvalue weighted by Crippen LogP contribution is -2.18. The van der Waals surface area contributed by atoms with E-state index in [1.165, 1.54) is 12.1 Å². The molecule has 3 heteroatoms. The van der Waals surface area contributed by atoms with E-state index in [2.05, 4.69) is 4.90 Å². The van der Waals surface area contributed by atoms with Crippen LogP contribution in [0.1, 0.15) is 25.5 Å². The summed E-state index contributed by atoms with van der Waals surface area (Å²) in [7, 11) is 0. The summed E-state index contributed by atoms with van der Waals surface area (Å²) in [6, 6.07) is 14.1. The van der Waals surface area contributed by atoms with E-state index in [0.717, 1.165) is 23.5 Å². The van der Waals surface area contributed by atoms with Gasteiger partial charge in [0.1, 0.15) is 5.82 Å². The van der Waals surface area contributed by atoms with Crippen LogP contribution < -0.4 is 4.90 Å². The van der Waals surface area contributed by atoms with Crippen LogP contribution in [0.5, 0.6) is 0 Å². The zero-order valence-corrected chi connectivity index (χ0v) is 11.2. The molecule has 2 nitrogen and oxygen atoms in total. The fraction of sp³-hybridized carbons (Fsp3) is 0.250. The van der Waals surface area contributed by atoms with Gasteiger partial charge in [-0.05, 0) is 44.2 Å². The van der Waals surface area contributed by atoms with E-state index >= 15 is 0 Å². The van der Waals surface area contributed by atoms with Crippen molar-refractivity contribution in [2.24, 2.45) is 0 Å². The normalized spacial score (nSPS) is 12.2. The van der Waals surface area contributed by atoms with Crippen molar-refractivity contribution in [1.29, 1.82) is 0 Å². The van der Waals surface area contributed by atoms with E-state index in [9.17, 15) is 9.50 Å². The van der Waals surface area contributed by atoms with Gasteiger partial charge >= 0.3 is 0 Å². The molecule has 0 aliphatic heterocycles. The molecular weight excluding hydrogens is 241 g/mol. The van der Waals surface area contributed by atoms with Gasteiger partial charge in [-0.1, -0.05) is 18.2 Å². The average Bonchev–Trinajstić information content (AvgIpc) is 2.42. The topological polar surface area (TPSA) is 23.5 Å². The van der Waals surface area contributed by atoms with Crippen molar-refractivity contribution >= 4 is 11.4 Å². The first kappa shape index (κ1) is 13.6. The first-order chi connectivity index (χ1) is 9.13. The van der Waals surface area contributed by atoms with Crippen LogP contribution in [-0.4, -0.2) is 11.7 Å². The van der Waals surface area contributed by atoms with Gasteiger partial charge in [-0.25, -0.2) is 4.39 Å². The summed E-state index contributed by atoms with van der Waals surface area (Å²) in [6.07, 6.45) is -0.536. The van der Waals surface area contributed by atoms with Crippen molar-refractivity contribution in [2.45, 2.75) is 20.0 Å². The summed E-state index contributed by atoms with van der Waals surface area (Å²) < 4.78 is 13.0. The second kappa shape index (κ2) is 5.85. The molecule has 0 saturated carbocycles. The van der Waals surface area contributed by atoms with Crippen LogP contribution in [0, 0.1) is 5.82 Å². The quantitative estimate of drug-likeness (QED) is 0.895. The number of aliphatic hydroxyl groups excluding tert-OH is 1. The molecule has 1 atom stereocenters. The Kier molecular flexibility index (Phi) is 4.17. The molecule has 0 fully saturated rings. The summed E-state index contributed by atoms with van der Waals surface area (Å²) in [5, 5.41) is 9.85. The van der Waals surface area contributed by atoms with E-state index in [1.807, 2.05) is 31.2 Å². The van der Waals surface area contributed by atoms with Gasteiger partial charge < -0.3 is 10.0 Å².